The van der Waals surface area contributed by atoms with E-state index in [1.807, 2.05) is 25.2 Å². The number of fused-ring (bicyclic) bond motifs is 1. The minimum absolute atomic E-state index is 0.758. The summed E-state index contributed by atoms with van der Waals surface area (Å²) >= 11 is 3.44. The molecule has 0 aliphatic heterocycles. The molecule has 3 N–H and O–H groups in total. The maximum Gasteiger partial charge on any atom is 0.133 e. The predicted octanol–water partition coefficient (Wildman–Crippen LogP) is 2.62. The van der Waals surface area contributed by atoms with Crippen LogP contribution < -0.4 is 11.1 Å². The quantitative estimate of drug-likeness (QED) is 0.767. The zero-order valence-corrected chi connectivity index (χ0v) is 9.30. The highest BCUT2D eigenvalue weighted by Gasteiger charge is 2.06. The lowest BCUT2D eigenvalue weighted by Gasteiger charge is -2.08. The van der Waals surface area contributed by atoms with Gasteiger partial charge in [0.2, 0.25) is 0 Å². The monoisotopic (exact) mass is 251 g/mol. The van der Waals surface area contributed by atoms with Gasteiger partial charge in [-0.2, -0.15) is 0 Å². The standard InChI is InChI=1S/C10H10BrN3/c1-13-10-6-3-2-4-8(12)9(6)7(11)5-14-10/h2-5H,12H2,1H3,(H,13,14). The Balaban J connectivity index is 2.91. The van der Waals surface area contributed by atoms with Crippen molar-refractivity contribution in [2.24, 2.45) is 0 Å². The number of nitrogens with one attached hydrogen (secondary N) is 1. The van der Waals surface area contributed by atoms with Crippen molar-refractivity contribution in [1.29, 1.82) is 0 Å². The third kappa shape index (κ3) is 1.32. The van der Waals surface area contributed by atoms with Gasteiger partial charge in [0.25, 0.3) is 0 Å². The molecule has 1 aromatic carbocycles. The van der Waals surface area contributed by atoms with Gasteiger partial charge in [0, 0.05) is 34.2 Å². The van der Waals surface area contributed by atoms with Crippen molar-refractivity contribution in [3.8, 4) is 0 Å². The lowest BCUT2D eigenvalue weighted by Crippen LogP contribution is -1.95. The van der Waals surface area contributed by atoms with Crippen LogP contribution in [0.2, 0.25) is 0 Å². The smallest absolute Gasteiger partial charge is 0.133 e. The Morgan fingerprint density at radius 2 is 2.21 bits per heavy atom. The minimum Gasteiger partial charge on any atom is -0.398 e. The van der Waals surface area contributed by atoms with Crippen LogP contribution in [-0.2, 0) is 0 Å². The van der Waals surface area contributed by atoms with Crippen molar-refractivity contribution in [1.82, 2.24) is 4.98 Å². The van der Waals surface area contributed by atoms with Crippen LogP contribution in [0.1, 0.15) is 0 Å². The molecular formula is C10H10BrN3. The second kappa shape index (κ2) is 3.46. The molecule has 1 heterocycles. The van der Waals surface area contributed by atoms with Crippen molar-refractivity contribution >= 4 is 38.2 Å². The number of nitrogens with two attached hydrogens (primary N) is 1. The molecule has 2 rings (SSSR count). The average molecular weight is 252 g/mol. The molecule has 0 spiro atoms. The molecule has 0 bridgehead atoms. The number of anilines is 2. The van der Waals surface area contributed by atoms with Crippen LogP contribution >= 0.6 is 15.9 Å². The second-order valence-corrected chi connectivity index (χ2v) is 3.83. The zero-order valence-electron chi connectivity index (χ0n) is 7.71. The summed E-state index contributed by atoms with van der Waals surface area (Å²) < 4.78 is 0.921. The Hall–Kier alpha value is -1.29. The molecule has 0 unspecified atom stereocenters. The molecule has 0 aliphatic rings. The molecule has 2 aromatic rings. The summed E-state index contributed by atoms with van der Waals surface area (Å²) in [5, 5.41) is 5.07. The van der Waals surface area contributed by atoms with Crippen LogP contribution in [0.4, 0.5) is 11.5 Å². The van der Waals surface area contributed by atoms with Gasteiger partial charge in [-0.1, -0.05) is 12.1 Å². The van der Waals surface area contributed by atoms with Crippen molar-refractivity contribution in [3.05, 3.63) is 28.9 Å². The van der Waals surface area contributed by atoms with E-state index in [-0.39, 0.29) is 0 Å². The first-order valence-corrected chi connectivity index (χ1v) is 5.04. The van der Waals surface area contributed by atoms with Crippen molar-refractivity contribution < 1.29 is 0 Å². The largest absolute Gasteiger partial charge is 0.398 e. The van der Waals surface area contributed by atoms with Gasteiger partial charge in [0.15, 0.2) is 0 Å². The molecule has 0 fully saturated rings. The fourth-order valence-corrected chi connectivity index (χ4v) is 2.03. The number of hydrogen-bond acceptors (Lipinski definition) is 3. The van der Waals surface area contributed by atoms with E-state index in [0.29, 0.717) is 0 Å². The second-order valence-electron chi connectivity index (χ2n) is 2.97. The molecule has 0 atom stereocenters. The maximum absolute atomic E-state index is 5.90. The van der Waals surface area contributed by atoms with Gasteiger partial charge in [-0.15, -0.1) is 0 Å². The number of pyridine rings is 1. The van der Waals surface area contributed by atoms with Gasteiger partial charge < -0.3 is 11.1 Å². The van der Waals surface area contributed by atoms with Crippen LogP contribution in [0, 0.1) is 0 Å². The number of hydrogen-bond donors (Lipinski definition) is 2. The summed E-state index contributed by atoms with van der Waals surface area (Å²) in [7, 11) is 1.85. The molecule has 14 heavy (non-hydrogen) atoms. The van der Waals surface area contributed by atoms with Crippen molar-refractivity contribution in [2.45, 2.75) is 0 Å². The summed E-state index contributed by atoms with van der Waals surface area (Å²) in [4.78, 5) is 4.25. The van der Waals surface area contributed by atoms with E-state index in [1.165, 1.54) is 0 Å². The summed E-state index contributed by atoms with van der Waals surface area (Å²) in [5.74, 6) is 0.843. The highest BCUT2D eigenvalue weighted by atomic mass is 79.9. The Bertz CT molecular complexity index is 474. The van der Waals surface area contributed by atoms with E-state index in [4.69, 9.17) is 5.73 Å². The maximum atomic E-state index is 5.90. The zero-order chi connectivity index (χ0) is 10.1. The fraction of sp³-hybridized carbons (Fsp3) is 0.100. The molecule has 3 nitrogen and oxygen atoms in total. The van der Waals surface area contributed by atoms with Gasteiger partial charge in [0.1, 0.15) is 5.82 Å². The summed E-state index contributed by atoms with van der Waals surface area (Å²) in [6.45, 7) is 0. The number of benzene rings is 1. The van der Waals surface area contributed by atoms with Crippen LogP contribution in [0.15, 0.2) is 28.9 Å². The number of nitrogen functional groups attached to an aromatic ring is 1. The van der Waals surface area contributed by atoms with Crippen LogP contribution in [0.5, 0.6) is 0 Å². The molecule has 0 saturated heterocycles. The average Bonchev–Trinajstić information content (AvgIpc) is 2.18. The summed E-state index contributed by atoms with van der Waals surface area (Å²) in [5.41, 5.74) is 6.65. The highest BCUT2D eigenvalue weighted by Crippen LogP contribution is 2.31. The van der Waals surface area contributed by atoms with E-state index in [9.17, 15) is 0 Å². The first kappa shape index (κ1) is 9.27. The van der Waals surface area contributed by atoms with E-state index < -0.39 is 0 Å². The van der Waals surface area contributed by atoms with Crippen molar-refractivity contribution in [3.63, 3.8) is 0 Å². The third-order valence-corrected chi connectivity index (χ3v) is 2.74. The topological polar surface area (TPSA) is 50.9 Å². The van der Waals surface area contributed by atoms with E-state index >= 15 is 0 Å². The van der Waals surface area contributed by atoms with Gasteiger partial charge in [-0.05, 0) is 22.0 Å². The van der Waals surface area contributed by atoms with E-state index in [1.54, 1.807) is 6.20 Å². The lowest BCUT2D eigenvalue weighted by atomic mass is 10.1. The number of nitrogens with zero attached hydrogens (tertiary/aromatic N) is 1. The summed E-state index contributed by atoms with van der Waals surface area (Å²) in [6, 6.07) is 5.80. The normalized spacial score (nSPS) is 10.4. The molecule has 72 valence electrons. The van der Waals surface area contributed by atoms with E-state index in [0.717, 1.165) is 26.8 Å². The SMILES string of the molecule is CNc1ncc(Br)c2c(N)cccc12. The van der Waals surface area contributed by atoms with Crippen LogP contribution in [0.25, 0.3) is 10.8 Å². The molecular weight excluding hydrogens is 242 g/mol. The van der Waals surface area contributed by atoms with Gasteiger partial charge in [-0.3, -0.25) is 0 Å². The van der Waals surface area contributed by atoms with Crippen molar-refractivity contribution in [2.75, 3.05) is 18.1 Å². The Labute approximate surface area is 90.5 Å². The number of aromatic nitrogens is 1. The molecule has 0 radical (unpaired) electrons. The van der Waals surface area contributed by atoms with Crippen LogP contribution in [0.3, 0.4) is 0 Å². The Morgan fingerprint density at radius 3 is 2.93 bits per heavy atom. The summed E-state index contributed by atoms with van der Waals surface area (Å²) in [6.07, 6.45) is 1.75. The Morgan fingerprint density at radius 1 is 1.43 bits per heavy atom. The highest BCUT2D eigenvalue weighted by molar-refractivity contribution is 9.10. The molecule has 0 amide bonds. The molecule has 4 heteroatoms. The number of rotatable bonds is 1. The first-order valence-electron chi connectivity index (χ1n) is 4.24. The third-order valence-electron chi connectivity index (χ3n) is 2.13. The van der Waals surface area contributed by atoms with Gasteiger partial charge >= 0.3 is 0 Å². The minimum atomic E-state index is 0.758. The lowest BCUT2D eigenvalue weighted by molar-refractivity contribution is 1.30. The Kier molecular flexibility index (Phi) is 2.29. The first-order chi connectivity index (χ1) is 6.74. The fourth-order valence-electron chi connectivity index (χ4n) is 1.49. The van der Waals surface area contributed by atoms with Gasteiger partial charge in [0.05, 0.1) is 0 Å². The van der Waals surface area contributed by atoms with Gasteiger partial charge in [-0.25, -0.2) is 4.98 Å². The molecule has 0 saturated carbocycles. The molecule has 1 aromatic heterocycles. The molecule has 0 aliphatic carbocycles. The van der Waals surface area contributed by atoms with Crippen LogP contribution in [-0.4, -0.2) is 12.0 Å². The number of halogens is 1. The van der Waals surface area contributed by atoms with E-state index in [2.05, 4.69) is 26.2 Å². The predicted molar refractivity (Wildman–Crippen MR) is 63.4 cm³/mol.